The number of nitrogens with zero attached hydrogens (tertiary/aromatic N) is 3. The second-order valence-corrected chi connectivity index (χ2v) is 8.64. The van der Waals surface area contributed by atoms with Crippen LogP contribution in [0.2, 0.25) is 5.02 Å². The van der Waals surface area contributed by atoms with Gasteiger partial charge in [-0.25, -0.2) is 9.78 Å². The van der Waals surface area contributed by atoms with Crippen LogP contribution in [0.4, 0.5) is 22.1 Å². The number of nitrogens with one attached hydrogen (secondary N) is 3. The number of aromatic nitrogens is 2. The third-order valence-corrected chi connectivity index (χ3v) is 6.13. The molecule has 9 nitrogen and oxygen atoms in total. The first-order valence-electron chi connectivity index (χ1n) is 11.5. The monoisotopic (exact) mass is 496 g/mol. The van der Waals surface area contributed by atoms with E-state index in [1.807, 2.05) is 30.3 Å². The molecule has 4 N–H and O–H groups in total. The molecule has 0 bridgehead atoms. The molecule has 184 valence electrons. The Labute approximate surface area is 209 Å². The van der Waals surface area contributed by atoms with Crippen molar-refractivity contribution in [3.05, 3.63) is 71.5 Å². The Bertz CT molecular complexity index is 1110. The van der Waals surface area contributed by atoms with Crippen LogP contribution in [0.1, 0.15) is 18.0 Å². The number of hydrogen-bond acceptors (Lipinski definition) is 7. The van der Waals surface area contributed by atoms with Crippen molar-refractivity contribution < 1.29 is 14.6 Å². The number of methoxy groups -OCH3 is 1. The summed E-state index contributed by atoms with van der Waals surface area (Å²) in [4.78, 5) is 24.3. The maximum absolute atomic E-state index is 12.8. The fraction of sp³-hybridized carbons (Fsp3) is 0.320. The minimum atomic E-state index is -0.280. The summed E-state index contributed by atoms with van der Waals surface area (Å²) >= 11 is 5.94. The predicted molar refractivity (Wildman–Crippen MR) is 138 cm³/mol. The summed E-state index contributed by atoms with van der Waals surface area (Å²) in [5.74, 6) is 2.14. The highest BCUT2D eigenvalue weighted by molar-refractivity contribution is 6.30. The minimum absolute atomic E-state index is 0.0340. The molecule has 3 heterocycles. The molecule has 2 aromatic heterocycles. The number of halogens is 1. The number of carbonyl (C=O) groups is 1. The highest BCUT2D eigenvalue weighted by Gasteiger charge is 2.33. The molecule has 4 rings (SSSR count). The van der Waals surface area contributed by atoms with E-state index in [-0.39, 0.29) is 24.6 Å². The Balaban J connectivity index is 1.51. The molecule has 2 amide bonds. The van der Waals surface area contributed by atoms with E-state index in [2.05, 4.69) is 25.8 Å². The molecule has 0 radical (unpaired) electrons. The summed E-state index contributed by atoms with van der Waals surface area (Å²) in [7, 11) is 1.61. The van der Waals surface area contributed by atoms with Gasteiger partial charge in [-0.15, -0.1) is 0 Å². The fourth-order valence-corrected chi connectivity index (χ4v) is 4.24. The van der Waals surface area contributed by atoms with Crippen molar-refractivity contribution in [3.63, 3.8) is 0 Å². The van der Waals surface area contributed by atoms with Gasteiger partial charge < -0.3 is 30.7 Å². The normalized spacial score (nSPS) is 17.5. The van der Waals surface area contributed by atoms with Crippen LogP contribution in [-0.2, 0) is 0 Å². The van der Waals surface area contributed by atoms with Crippen LogP contribution >= 0.6 is 11.6 Å². The van der Waals surface area contributed by atoms with Gasteiger partial charge in [0.25, 0.3) is 0 Å². The average Bonchev–Trinajstić information content (AvgIpc) is 2.89. The predicted octanol–water partition coefficient (Wildman–Crippen LogP) is 3.73. The lowest BCUT2D eigenvalue weighted by Crippen LogP contribution is -2.51. The van der Waals surface area contributed by atoms with Gasteiger partial charge in [-0.1, -0.05) is 17.7 Å². The van der Waals surface area contributed by atoms with E-state index in [4.69, 9.17) is 26.4 Å². The van der Waals surface area contributed by atoms with E-state index < -0.39 is 0 Å². The van der Waals surface area contributed by atoms with Crippen LogP contribution in [0, 0.1) is 0 Å². The van der Waals surface area contributed by atoms with Crippen molar-refractivity contribution in [2.24, 2.45) is 0 Å². The summed E-state index contributed by atoms with van der Waals surface area (Å²) in [5, 5.41) is 18.8. The third kappa shape index (κ3) is 6.52. The van der Waals surface area contributed by atoms with Gasteiger partial charge in [0.05, 0.1) is 19.9 Å². The number of aliphatic hydroxyl groups is 1. The van der Waals surface area contributed by atoms with Crippen LogP contribution < -0.4 is 25.6 Å². The van der Waals surface area contributed by atoms with E-state index in [0.29, 0.717) is 41.8 Å². The maximum Gasteiger partial charge on any atom is 0.319 e. The molecule has 0 spiro atoms. The molecule has 1 aliphatic heterocycles. The number of benzene rings is 1. The van der Waals surface area contributed by atoms with Crippen molar-refractivity contribution in [1.29, 1.82) is 0 Å². The zero-order chi connectivity index (χ0) is 24.6. The largest absolute Gasteiger partial charge is 0.495 e. The summed E-state index contributed by atoms with van der Waals surface area (Å²) in [6.45, 7) is 1.81. The lowest BCUT2D eigenvalue weighted by atomic mass is 9.88. The molecule has 35 heavy (non-hydrogen) atoms. The second-order valence-electron chi connectivity index (χ2n) is 8.21. The molecule has 0 saturated carbocycles. The van der Waals surface area contributed by atoms with Crippen molar-refractivity contribution in [2.75, 3.05) is 48.9 Å². The van der Waals surface area contributed by atoms with E-state index >= 15 is 0 Å². The number of hydrogen-bond donors (Lipinski definition) is 4. The summed E-state index contributed by atoms with van der Waals surface area (Å²) in [5.41, 5.74) is 1.53. The molecular weight excluding hydrogens is 468 g/mol. The van der Waals surface area contributed by atoms with Crippen molar-refractivity contribution in [2.45, 2.75) is 18.4 Å². The Morgan fingerprint density at radius 2 is 2.03 bits per heavy atom. The lowest BCUT2D eigenvalue weighted by molar-refractivity contribution is 0.243. The van der Waals surface area contributed by atoms with E-state index in [9.17, 15) is 4.79 Å². The number of amides is 2. The topological polar surface area (TPSA) is 112 Å². The zero-order valence-corrected chi connectivity index (χ0v) is 20.2. The van der Waals surface area contributed by atoms with Crippen LogP contribution in [0.15, 0.2) is 60.8 Å². The van der Waals surface area contributed by atoms with Crippen molar-refractivity contribution in [3.8, 4) is 5.75 Å². The molecule has 1 saturated heterocycles. The number of anilines is 3. The van der Waals surface area contributed by atoms with E-state index in [0.717, 1.165) is 18.1 Å². The fourth-order valence-electron chi connectivity index (χ4n) is 4.11. The molecular formula is C25H29ClN6O3. The molecule has 3 aromatic rings. The number of ether oxygens (including phenoxy) is 1. The summed E-state index contributed by atoms with van der Waals surface area (Å²) in [6, 6.07) is 16.2. The molecule has 1 aromatic carbocycles. The number of piperidine rings is 1. The first kappa shape index (κ1) is 24.6. The summed E-state index contributed by atoms with van der Waals surface area (Å²) < 4.78 is 5.26. The smallest absolute Gasteiger partial charge is 0.319 e. The molecule has 2 atom stereocenters. The molecule has 1 fully saturated rings. The van der Waals surface area contributed by atoms with Crippen LogP contribution in [-0.4, -0.2) is 60.5 Å². The Morgan fingerprint density at radius 1 is 1.20 bits per heavy atom. The number of carbonyl (C=O) groups excluding carboxylic acids is 1. The van der Waals surface area contributed by atoms with Crippen LogP contribution in [0.25, 0.3) is 0 Å². The first-order chi connectivity index (χ1) is 17.1. The third-order valence-electron chi connectivity index (χ3n) is 5.88. The lowest BCUT2D eigenvalue weighted by Gasteiger charge is -2.39. The average molecular weight is 497 g/mol. The maximum atomic E-state index is 12.8. The number of aliphatic hydroxyl groups excluding tert-OH is 1. The summed E-state index contributed by atoms with van der Waals surface area (Å²) in [6.07, 6.45) is 2.40. The molecule has 1 aliphatic rings. The number of rotatable bonds is 8. The van der Waals surface area contributed by atoms with Gasteiger partial charge in [0.1, 0.15) is 17.4 Å². The number of pyridine rings is 2. The number of urea groups is 1. The Hall–Kier alpha value is -3.56. The van der Waals surface area contributed by atoms with Gasteiger partial charge in [-0.3, -0.25) is 4.98 Å². The van der Waals surface area contributed by atoms with Crippen molar-refractivity contribution >= 4 is 35.0 Å². The zero-order valence-electron chi connectivity index (χ0n) is 19.4. The second kappa shape index (κ2) is 11.7. The minimum Gasteiger partial charge on any atom is -0.495 e. The van der Waals surface area contributed by atoms with Gasteiger partial charge in [-0.05, 0) is 55.0 Å². The van der Waals surface area contributed by atoms with Gasteiger partial charge in [0.15, 0.2) is 0 Å². The van der Waals surface area contributed by atoms with Gasteiger partial charge in [0.2, 0.25) is 0 Å². The highest BCUT2D eigenvalue weighted by atomic mass is 35.5. The van der Waals surface area contributed by atoms with Crippen molar-refractivity contribution in [1.82, 2.24) is 15.3 Å². The Morgan fingerprint density at radius 3 is 2.74 bits per heavy atom. The molecule has 10 heteroatoms. The first-order valence-corrected chi connectivity index (χ1v) is 11.8. The van der Waals surface area contributed by atoms with Gasteiger partial charge in [0, 0.05) is 48.0 Å². The quantitative estimate of drug-likeness (QED) is 0.376. The standard InChI is InChI=1S/C25H29ClN6O3/c1-35-19-9-10-21(28-15-19)20-16-32(24-4-2-3-23(31-24)27-12-14-33)13-11-22(20)30-25(34)29-18-7-5-17(26)6-8-18/h2-10,15,20,22,33H,11-14,16H2,1H3,(H,27,31)(H2,29,30,34)/t20-,22+/m0/s1. The van der Waals surface area contributed by atoms with Crippen LogP contribution in [0.3, 0.4) is 0 Å². The van der Waals surface area contributed by atoms with Gasteiger partial charge in [-0.2, -0.15) is 0 Å². The van der Waals surface area contributed by atoms with E-state index in [1.165, 1.54) is 0 Å². The highest BCUT2D eigenvalue weighted by Crippen LogP contribution is 2.30. The molecule has 0 aliphatic carbocycles. The SMILES string of the molecule is COc1ccc([C@@H]2CN(c3cccc(NCCO)n3)CC[C@H]2NC(=O)Nc2ccc(Cl)cc2)nc1. The Kier molecular flexibility index (Phi) is 8.23. The molecule has 0 unspecified atom stereocenters. The van der Waals surface area contributed by atoms with Gasteiger partial charge >= 0.3 is 6.03 Å². The van der Waals surface area contributed by atoms with Crippen LogP contribution in [0.5, 0.6) is 5.75 Å². The van der Waals surface area contributed by atoms with E-state index in [1.54, 1.807) is 37.6 Å².